The van der Waals surface area contributed by atoms with Crippen LogP contribution >= 0.6 is 23.2 Å². The van der Waals surface area contributed by atoms with E-state index in [-0.39, 0.29) is 46.4 Å². The highest BCUT2D eigenvalue weighted by atomic mass is 35.5. The van der Waals surface area contributed by atoms with Crippen molar-refractivity contribution in [3.8, 4) is 11.6 Å². The highest BCUT2D eigenvalue weighted by molar-refractivity contribution is 6.31. The molecule has 2 N–H and O–H groups in total. The molecule has 1 unspecified atom stereocenters. The van der Waals surface area contributed by atoms with E-state index in [1.165, 1.54) is 42.1 Å². The van der Waals surface area contributed by atoms with Gasteiger partial charge in [0, 0.05) is 23.8 Å². The predicted molar refractivity (Wildman–Crippen MR) is 206 cm³/mol. The lowest BCUT2D eigenvalue weighted by molar-refractivity contribution is -0.114. The van der Waals surface area contributed by atoms with Crippen molar-refractivity contribution in [2.45, 2.75) is 52.8 Å². The Morgan fingerprint density at radius 2 is 1.68 bits per heavy atom. The molecule has 2 amide bonds. The fourth-order valence-corrected chi connectivity index (χ4v) is 6.06. The molecular weight excluding hydrogens is 721 g/mol. The Hall–Kier alpha value is -5.40. The summed E-state index contributed by atoms with van der Waals surface area (Å²) >= 11 is 12.9. The predicted octanol–water partition coefficient (Wildman–Crippen LogP) is 7.11. The summed E-state index contributed by atoms with van der Waals surface area (Å²) in [5.41, 5.74) is 7.83. The van der Waals surface area contributed by atoms with Crippen LogP contribution in [0.25, 0.3) is 0 Å². The van der Waals surface area contributed by atoms with Crippen LogP contribution in [0.2, 0.25) is 10.0 Å². The van der Waals surface area contributed by atoms with Crippen LogP contribution in [0.4, 0.5) is 22.1 Å². The summed E-state index contributed by atoms with van der Waals surface area (Å²) in [6, 6.07) is 14.7. The highest BCUT2D eigenvalue weighted by Crippen LogP contribution is 2.42. The summed E-state index contributed by atoms with van der Waals surface area (Å²) in [7, 11) is 4.46. The molecule has 2 aromatic carbocycles. The Morgan fingerprint density at radius 3 is 2.26 bits per heavy atom. The molecule has 0 aliphatic carbocycles. The Bertz CT molecular complexity index is 2140. The molecule has 3 heterocycles. The molecule has 1 atom stereocenters. The van der Waals surface area contributed by atoms with Crippen molar-refractivity contribution in [2.24, 2.45) is 16.6 Å². The third kappa shape index (κ3) is 8.47. The average molecular weight is 763 g/mol. The van der Waals surface area contributed by atoms with Gasteiger partial charge in [-0.2, -0.15) is 4.98 Å². The first kappa shape index (κ1) is 38.8. The van der Waals surface area contributed by atoms with Crippen LogP contribution in [0.1, 0.15) is 51.8 Å². The van der Waals surface area contributed by atoms with Crippen LogP contribution in [0.5, 0.6) is 11.6 Å². The van der Waals surface area contributed by atoms with E-state index >= 15 is 0 Å². The first-order valence-corrected chi connectivity index (χ1v) is 17.4. The van der Waals surface area contributed by atoms with E-state index < -0.39 is 29.2 Å². The minimum absolute atomic E-state index is 0.0208. The molecule has 13 nitrogen and oxygen atoms in total. The Kier molecular flexibility index (Phi) is 11.5. The summed E-state index contributed by atoms with van der Waals surface area (Å²) in [6.07, 6.45) is 2.27. The highest BCUT2D eigenvalue weighted by Gasteiger charge is 2.44. The maximum absolute atomic E-state index is 14.3. The van der Waals surface area contributed by atoms with E-state index in [9.17, 15) is 14.4 Å². The summed E-state index contributed by atoms with van der Waals surface area (Å²) in [6.45, 7) is 9.22. The van der Waals surface area contributed by atoms with Gasteiger partial charge in [-0.05, 0) is 68.1 Å². The number of carbonyl (C=O) groups is 2. The fraction of sp³-hybridized carbons (Fsp3) is 0.316. The number of amides is 2. The second-order valence-corrected chi connectivity index (χ2v) is 14.4. The zero-order valence-corrected chi connectivity index (χ0v) is 32.2. The topological polar surface area (TPSA) is 154 Å². The number of ether oxygens (including phenoxy) is 3. The van der Waals surface area contributed by atoms with Crippen molar-refractivity contribution in [1.29, 1.82) is 0 Å². The molecule has 278 valence electrons. The lowest BCUT2D eigenvalue weighted by atomic mass is 9.90. The van der Waals surface area contributed by atoms with Gasteiger partial charge in [-0.15, -0.1) is 0 Å². The second-order valence-electron chi connectivity index (χ2n) is 13.5. The number of hydrogen-bond donors (Lipinski definition) is 1. The lowest BCUT2D eigenvalue weighted by Crippen LogP contribution is -2.37. The molecule has 0 saturated carbocycles. The zero-order chi connectivity index (χ0) is 38.8. The van der Waals surface area contributed by atoms with Gasteiger partial charge in [0.05, 0.1) is 43.7 Å². The Morgan fingerprint density at radius 1 is 1.02 bits per heavy atom. The number of hydrogen-bond acceptors (Lipinski definition) is 10. The quantitative estimate of drug-likeness (QED) is 0.167. The Balaban J connectivity index is 1.63. The zero-order valence-electron chi connectivity index (χ0n) is 30.7. The fourth-order valence-electron chi connectivity index (χ4n) is 5.71. The van der Waals surface area contributed by atoms with E-state index in [1.807, 2.05) is 26.0 Å². The van der Waals surface area contributed by atoms with Gasteiger partial charge in [-0.25, -0.2) is 19.7 Å². The average Bonchev–Trinajstić information content (AvgIpc) is 3.36. The molecule has 0 radical (unpaired) electrons. The number of nitrogens with zero attached hydrogens (tertiary/aromatic N) is 6. The first-order chi connectivity index (χ1) is 25.0. The van der Waals surface area contributed by atoms with Crippen molar-refractivity contribution in [2.75, 3.05) is 31.1 Å². The van der Waals surface area contributed by atoms with Crippen LogP contribution in [0.15, 0.2) is 88.0 Å². The number of halogens is 2. The van der Waals surface area contributed by atoms with Crippen LogP contribution in [-0.4, -0.2) is 59.1 Å². The monoisotopic (exact) mass is 761 g/mol. The molecule has 15 heteroatoms. The van der Waals surface area contributed by atoms with E-state index in [1.54, 1.807) is 64.3 Å². The number of pyridine rings is 1. The van der Waals surface area contributed by atoms with Crippen molar-refractivity contribution >= 4 is 58.2 Å². The molecule has 0 saturated heterocycles. The van der Waals surface area contributed by atoms with Crippen LogP contribution < -0.4 is 30.6 Å². The van der Waals surface area contributed by atoms with Gasteiger partial charge >= 0.3 is 6.09 Å². The second kappa shape index (κ2) is 15.7. The van der Waals surface area contributed by atoms with Gasteiger partial charge < -0.3 is 24.5 Å². The minimum Gasteiger partial charge on any atom is -0.497 e. The number of aliphatic imine (C=N–C) groups is 1. The smallest absolute Gasteiger partial charge is 0.416 e. The normalized spacial score (nSPS) is 14.9. The molecule has 0 spiro atoms. The number of anilines is 2. The van der Waals surface area contributed by atoms with Gasteiger partial charge in [-0.1, -0.05) is 61.3 Å². The van der Waals surface area contributed by atoms with Crippen LogP contribution in [-0.2, 0) is 16.1 Å². The number of aromatic nitrogens is 3. The number of benzene rings is 2. The molecule has 1 aliphatic rings. The van der Waals surface area contributed by atoms with Crippen molar-refractivity contribution in [1.82, 2.24) is 14.5 Å². The summed E-state index contributed by atoms with van der Waals surface area (Å²) < 4.78 is 17.7. The largest absolute Gasteiger partial charge is 0.497 e. The molecule has 0 fully saturated rings. The van der Waals surface area contributed by atoms with Gasteiger partial charge in [0.25, 0.3) is 11.5 Å². The number of carbonyl (C=O) groups excluding carboxylic acids is 2. The lowest BCUT2D eigenvalue weighted by Gasteiger charge is -2.29. The maximum atomic E-state index is 14.3. The standard InChI is InChI=1S/C38H41Cl2N7O6/c1-21(2)31(43-27-18-42-36(44-33(27)52-8)45(6)37(50)53-38(3,4)5)29-30(41)35(49)47(32(29)23-11-13-24(39)14-12-23)28-17-25(40)20-46(34(28)48)19-22-9-15-26(51-7)16-10-22/h9-18,20-21,32H,19,41H2,1-8H3. The summed E-state index contributed by atoms with van der Waals surface area (Å²) in [4.78, 5) is 57.5. The first-order valence-electron chi connectivity index (χ1n) is 16.6. The van der Waals surface area contributed by atoms with Crippen molar-refractivity contribution in [3.63, 3.8) is 0 Å². The van der Waals surface area contributed by atoms with Gasteiger partial charge in [-0.3, -0.25) is 14.5 Å². The van der Waals surface area contributed by atoms with Crippen molar-refractivity contribution in [3.05, 3.63) is 110 Å². The summed E-state index contributed by atoms with van der Waals surface area (Å²) in [5, 5.41) is 0.711. The molecule has 2 aromatic heterocycles. The van der Waals surface area contributed by atoms with E-state index in [0.29, 0.717) is 27.6 Å². The van der Waals surface area contributed by atoms with E-state index in [2.05, 4.69) is 9.97 Å². The van der Waals surface area contributed by atoms with Gasteiger partial charge in [0.15, 0.2) is 0 Å². The third-order valence-electron chi connectivity index (χ3n) is 8.21. The number of methoxy groups -OCH3 is 2. The van der Waals surface area contributed by atoms with Gasteiger partial charge in [0.1, 0.15) is 28.4 Å². The van der Waals surface area contributed by atoms with Crippen LogP contribution in [0, 0.1) is 5.92 Å². The van der Waals surface area contributed by atoms with Crippen LogP contribution in [0.3, 0.4) is 0 Å². The third-order valence-corrected chi connectivity index (χ3v) is 8.67. The van der Waals surface area contributed by atoms with E-state index in [4.69, 9.17) is 48.1 Å². The molecule has 0 bridgehead atoms. The van der Waals surface area contributed by atoms with Crippen molar-refractivity contribution < 1.29 is 23.8 Å². The van der Waals surface area contributed by atoms with E-state index in [0.717, 1.165) is 10.5 Å². The number of nitrogens with two attached hydrogens (primary N) is 1. The number of rotatable bonds is 10. The van der Waals surface area contributed by atoms with Gasteiger partial charge in [0.2, 0.25) is 11.8 Å². The minimum atomic E-state index is -0.911. The Labute approximate surface area is 317 Å². The molecule has 53 heavy (non-hydrogen) atoms. The molecule has 5 rings (SSSR count). The molecule has 1 aliphatic heterocycles. The summed E-state index contributed by atoms with van der Waals surface area (Å²) in [5.74, 6) is -0.172. The maximum Gasteiger partial charge on any atom is 0.416 e. The SMILES string of the molecule is COc1ccc(Cn2cc(Cl)cc(N3C(=O)C(N)=C(C(=Nc4cnc(N(C)C(=O)OC(C)(C)C)nc4OC)C(C)C)C3c3ccc(Cl)cc3)c2=O)cc1. The molecule has 4 aromatic rings. The molecular formula is C38H41Cl2N7O6.